The van der Waals surface area contributed by atoms with Crippen molar-refractivity contribution in [2.24, 2.45) is 0 Å². The van der Waals surface area contributed by atoms with E-state index in [2.05, 4.69) is 93.7 Å². The standard InChI is InChI=1S/C74H132O6/c1-4-7-10-13-16-19-22-25-27-28-29-30-31-32-33-34-35-36-37-38-39-40-41-42-43-44-45-46-47-50-52-55-58-61-64-67-73(76)79-70-71(69-78-72(75)66-63-60-57-54-51-48-24-21-18-15-12-9-6-3)80-74(77)68-65-62-59-56-53-49-26-23-20-17-14-11-8-5-2/h7,10,16,19,21,24-25,27,29-30,32-33,71H,4-6,8-9,11-15,17-18,20,22-23,26,28,31,34-70H2,1-3H3/b10-7-,19-16-,24-21-,27-25-,30-29-,33-32-. The van der Waals surface area contributed by atoms with Crippen molar-refractivity contribution in [2.75, 3.05) is 13.2 Å². The molecule has 0 aromatic carbocycles. The summed E-state index contributed by atoms with van der Waals surface area (Å²) in [5.74, 6) is -0.858. The van der Waals surface area contributed by atoms with Crippen LogP contribution in [0.1, 0.15) is 361 Å². The Morgan fingerprint density at radius 1 is 0.263 bits per heavy atom. The van der Waals surface area contributed by atoms with Gasteiger partial charge < -0.3 is 14.2 Å². The largest absolute Gasteiger partial charge is 0.462 e. The van der Waals surface area contributed by atoms with Crippen molar-refractivity contribution in [3.05, 3.63) is 72.9 Å². The van der Waals surface area contributed by atoms with Crippen molar-refractivity contribution in [3.8, 4) is 0 Å². The first kappa shape index (κ1) is 76.9. The molecule has 0 rings (SSSR count). The Labute approximate surface area is 497 Å². The van der Waals surface area contributed by atoms with Crippen LogP contribution in [0.25, 0.3) is 0 Å². The Bertz CT molecular complexity index is 1470. The summed E-state index contributed by atoms with van der Waals surface area (Å²) in [4.78, 5) is 38.3. The third-order valence-electron chi connectivity index (χ3n) is 15.4. The maximum atomic E-state index is 12.9. The zero-order valence-electron chi connectivity index (χ0n) is 53.3. The number of allylic oxidation sites excluding steroid dienone is 12. The third-order valence-corrected chi connectivity index (χ3v) is 15.4. The molecule has 80 heavy (non-hydrogen) atoms. The smallest absolute Gasteiger partial charge is 0.306 e. The fraction of sp³-hybridized carbons (Fsp3) is 0.797. The second kappa shape index (κ2) is 68.3. The summed E-state index contributed by atoms with van der Waals surface area (Å²) in [6, 6.07) is 0. The van der Waals surface area contributed by atoms with E-state index in [1.807, 2.05) is 0 Å². The lowest BCUT2D eigenvalue weighted by atomic mass is 10.0. The van der Waals surface area contributed by atoms with Crippen LogP contribution in [0.3, 0.4) is 0 Å². The summed E-state index contributed by atoms with van der Waals surface area (Å²) in [6.45, 7) is 6.55. The van der Waals surface area contributed by atoms with Gasteiger partial charge in [0.1, 0.15) is 13.2 Å². The number of unbranched alkanes of at least 4 members (excludes halogenated alkanes) is 41. The summed E-state index contributed by atoms with van der Waals surface area (Å²) in [7, 11) is 0. The lowest BCUT2D eigenvalue weighted by Crippen LogP contribution is -2.30. The van der Waals surface area contributed by atoms with Crippen LogP contribution in [0, 0.1) is 0 Å². The lowest BCUT2D eigenvalue weighted by Gasteiger charge is -2.18. The Kier molecular flexibility index (Phi) is 65.7. The number of hydrogen-bond donors (Lipinski definition) is 0. The predicted molar refractivity (Wildman–Crippen MR) is 348 cm³/mol. The zero-order chi connectivity index (χ0) is 57.8. The molecule has 0 aliphatic carbocycles. The van der Waals surface area contributed by atoms with Crippen LogP contribution >= 0.6 is 0 Å². The van der Waals surface area contributed by atoms with Crippen LogP contribution in [0.2, 0.25) is 0 Å². The highest BCUT2D eigenvalue weighted by molar-refractivity contribution is 5.71. The molecule has 0 saturated heterocycles. The van der Waals surface area contributed by atoms with E-state index in [4.69, 9.17) is 14.2 Å². The van der Waals surface area contributed by atoms with Gasteiger partial charge in [-0.25, -0.2) is 0 Å². The second-order valence-electron chi connectivity index (χ2n) is 23.4. The maximum Gasteiger partial charge on any atom is 0.306 e. The number of rotatable bonds is 64. The summed E-state index contributed by atoms with van der Waals surface area (Å²) >= 11 is 0. The van der Waals surface area contributed by atoms with E-state index >= 15 is 0 Å². The summed E-state index contributed by atoms with van der Waals surface area (Å²) in [6.07, 6.45) is 89.4. The van der Waals surface area contributed by atoms with Crippen molar-refractivity contribution in [2.45, 2.75) is 367 Å². The van der Waals surface area contributed by atoms with E-state index in [-0.39, 0.29) is 31.1 Å². The fourth-order valence-corrected chi connectivity index (χ4v) is 10.2. The quantitative estimate of drug-likeness (QED) is 0.0261. The van der Waals surface area contributed by atoms with Gasteiger partial charge >= 0.3 is 17.9 Å². The van der Waals surface area contributed by atoms with Gasteiger partial charge in [-0.05, 0) is 89.9 Å². The molecule has 6 heteroatoms. The van der Waals surface area contributed by atoms with Crippen LogP contribution in [-0.4, -0.2) is 37.2 Å². The van der Waals surface area contributed by atoms with Crippen molar-refractivity contribution in [3.63, 3.8) is 0 Å². The molecule has 0 N–H and O–H groups in total. The molecule has 0 amide bonds. The number of esters is 3. The zero-order valence-corrected chi connectivity index (χ0v) is 53.3. The maximum absolute atomic E-state index is 12.9. The van der Waals surface area contributed by atoms with Gasteiger partial charge in [-0.2, -0.15) is 0 Å². The van der Waals surface area contributed by atoms with Gasteiger partial charge in [0.2, 0.25) is 0 Å². The van der Waals surface area contributed by atoms with E-state index < -0.39 is 6.10 Å². The SMILES string of the molecule is CC/C=C\C/C=C\C/C=C\C/C=C\C/C=C\CCCCCCCCCCCCCCCCCCCCCC(=O)OCC(COC(=O)CCCCCCC/C=C\CCCCCC)OC(=O)CCCCCCCCCCCCCCCC. The van der Waals surface area contributed by atoms with Gasteiger partial charge in [0, 0.05) is 19.3 Å². The van der Waals surface area contributed by atoms with Gasteiger partial charge in [-0.3, -0.25) is 14.4 Å². The van der Waals surface area contributed by atoms with Crippen molar-refractivity contribution < 1.29 is 28.6 Å². The Morgan fingerprint density at radius 3 is 0.787 bits per heavy atom. The highest BCUT2D eigenvalue weighted by Crippen LogP contribution is 2.18. The first-order valence-corrected chi connectivity index (χ1v) is 34.9. The van der Waals surface area contributed by atoms with Gasteiger partial charge in [-0.15, -0.1) is 0 Å². The first-order valence-electron chi connectivity index (χ1n) is 34.9. The minimum absolute atomic E-state index is 0.0713. The van der Waals surface area contributed by atoms with Gasteiger partial charge in [0.05, 0.1) is 0 Å². The second-order valence-corrected chi connectivity index (χ2v) is 23.4. The van der Waals surface area contributed by atoms with Gasteiger partial charge in [0.25, 0.3) is 0 Å². The summed E-state index contributed by atoms with van der Waals surface area (Å²) in [5.41, 5.74) is 0. The minimum atomic E-state index is -0.774. The molecule has 0 saturated carbocycles. The molecule has 0 heterocycles. The van der Waals surface area contributed by atoms with E-state index in [0.29, 0.717) is 19.3 Å². The van der Waals surface area contributed by atoms with Gasteiger partial charge in [-0.1, -0.05) is 325 Å². The lowest BCUT2D eigenvalue weighted by molar-refractivity contribution is -0.167. The Morgan fingerprint density at radius 2 is 0.487 bits per heavy atom. The molecular formula is C74H132O6. The number of ether oxygens (including phenoxy) is 3. The van der Waals surface area contributed by atoms with E-state index in [1.165, 1.54) is 225 Å². The molecule has 0 spiro atoms. The van der Waals surface area contributed by atoms with Crippen LogP contribution in [0.5, 0.6) is 0 Å². The molecule has 6 nitrogen and oxygen atoms in total. The molecule has 0 aliphatic rings. The minimum Gasteiger partial charge on any atom is -0.462 e. The van der Waals surface area contributed by atoms with Crippen molar-refractivity contribution >= 4 is 17.9 Å². The van der Waals surface area contributed by atoms with Crippen LogP contribution in [0.15, 0.2) is 72.9 Å². The highest BCUT2D eigenvalue weighted by Gasteiger charge is 2.19. The van der Waals surface area contributed by atoms with Crippen molar-refractivity contribution in [1.29, 1.82) is 0 Å². The number of hydrogen-bond acceptors (Lipinski definition) is 6. The summed E-state index contributed by atoms with van der Waals surface area (Å²) < 4.78 is 16.9. The Balaban J connectivity index is 4.08. The van der Waals surface area contributed by atoms with E-state index in [9.17, 15) is 14.4 Å². The molecule has 0 radical (unpaired) electrons. The molecule has 464 valence electrons. The molecule has 1 unspecified atom stereocenters. The fourth-order valence-electron chi connectivity index (χ4n) is 10.2. The molecule has 0 aromatic rings. The molecule has 0 bridgehead atoms. The molecule has 0 fully saturated rings. The van der Waals surface area contributed by atoms with E-state index in [0.717, 1.165) is 96.3 Å². The summed E-state index contributed by atoms with van der Waals surface area (Å²) in [5, 5.41) is 0. The number of carbonyl (C=O) groups excluding carboxylic acids is 3. The normalized spacial score (nSPS) is 12.5. The van der Waals surface area contributed by atoms with E-state index in [1.54, 1.807) is 0 Å². The molecular weight excluding hydrogens is 985 g/mol. The third kappa shape index (κ3) is 65.7. The van der Waals surface area contributed by atoms with Gasteiger partial charge in [0.15, 0.2) is 6.10 Å². The predicted octanol–water partition coefficient (Wildman–Crippen LogP) is 24.1. The topological polar surface area (TPSA) is 78.9 Å². The molecule has 0 aliphatic heterocycles. The molecule has 0 aromatic heterocycles. The Hall–Kier alpha value is -3.15. The van der Waals surface area contributed by atoms with Crippen molar-refractivity contribution in [1.82, 2.24) is 0 Å². The average Bonchev–Trinajstić information content (AvgIpc) is 3.46. The first-order chi connectivity index (χ1) is 39.5. The average molecular weight is 1120 g/mol. The van der Waals surface area contributed by atoms with Crippen LogP contribution in [-0.2, 0) is 28.6 Å². The molecule has 1 atom stereocenters. The highest BCUT2D eigenvalue weighted by atomic mass is 16.6. The van der Waals surface area contributed by atoms with Crippen LogP contribution in [0.4, 0.5) is 0 Å². The van der Waals surface area contributed by atoms with Crippen LogP contribution < -0.4 is 0 Å². The number of carbonyl (C=O) groups is 3. The monoisotopic (exact) mass is 1120 g/mol.